The van der Waals surface area contributed by atoms with Gasteiger partial charge in [0.2, 0.25) is 10.0 Å². The van der Waals surface area contributed by atoms with Gasteiger partial charge in [-0.25, -0.2) is 8.42 Å². The van der Waals surface area contributed by atoms with Gasteiger partial charge < -0.3 is 5.32 Å². The molecule has 1 aliphatic carbocycles. The van der Waals surface area contributed by atoms with Crippen LogP contribution in [0.1, 0.15) is 48.9 Å². The predicted molar refractivity (Wildman–Crippen MR) is 97.8 cm³/mol. The molecule has 132 valence electrons. The molecule has 1 saturated carbocycles. The van der Waals surface area contributed by atoms with Crippen LogP contribution in [0.3, 0.4) is 0 Å². The van der Waals surface area contributed by atoms with Crippen LogP contribution in [-0.4, -0.2) is 33.2 Å². The molecule has 0 aromatic heterocycles. The Morgan fingerprint density at radius 1 is 1.21 bits per heavy atom. The van der Waals surface area contributed by atoms with Crippen molar-refractivity contribution in [1.82, 2.24) is 5.32 Å². The Labute approximate surface area is 144 Å². The number of carbonyl (C=O) groups excluding carboxylic acids is 1. The number of hydrogen-bond donors (Lipinski definition) is 1. The summed E-state index contributed by atoms with van der Waals surface area (Å²) in [6.07, 6.45) is 9.56. The molecule has 24 heavy (non-hydrogen) atoms. The van der Waals surface area contributed by atoms with E-state index in [1.807, 2.05) is 0 Å². The minimum atomic E-state index is -3.38. The Bertz CT molecular complexity index is 660. The van der Waals surface area contributed by atoms with Crippen LogP contribution >= 0.6 is 0 Å². The first-order valence-corrected chi connectivity index (χ1v) is 10.3. The van der Waals surface area contributed by atoms with Crippen LogP contribution in [0.15, 0.2) is 36.9 Å². The summed E-state index contributed by atoms with van der Waals surface area (Å²) < 4.78 is 24.9. The van der Waals surface area contributed by atoms with E-state index in [2.05, 4.69) is 11.9 Å². The van der Waals surface area contributed by atoms with E-state index in [9.17, 15) is 13.2 Å². The smallest absolute Gasteiger partial charge is 0.251 e. The molecule has 0 radical (unpaired) electrons. The molecule has 2 rings (SSSR count). The summed E-state index contributed by atoms with van der Waals surface area (Å²) in [5.74, 6) is -0.0944. The largest absolute Gasteiger partial charge is 0.349 e. The van der Waals surface area contributed by atoms with E-state index in [1.54, 1.807) is 24.3 Å². The Morgan fingerprint density at radius 3 is 2.29 bits per heavy atom. The first-order chi connectivity index (χ1) is 11.4. The molecule has 5 nitrogen and oxygen atoms in total. The van der Waals surface area contributed by atoms with Gasteiger partial charge >= 0.3 is 0 Å². The van der Waals surface area contributed by atoms with E-state index in [1.165, 1.54) is 23.2 Å². The minimum Gasteiger partial charge on any atom is -0.349 e. The van der Waals surface area contributed by atoms with Gasteiger partial charge in [-0.2, -0.15) is 0 Å². The molecule has 1 N–H and O–H groups in total. The van der Waals surface area contributed by atoms with Crippen LogP contribution in [-0.2, 0) is 10.0 Å². The zero-order valence-corrected chi connectivity index (χ0v) is 15.0. The molecular weight excluding hydrogens is 324 g/mol. The third-order valence-corrected chi connectivity index (χ3v) is 5.46. The number of anilines is 1. The lowest BCUT2D eigenvalue weighted by atomic mass is 10.1. The molecule has 0 heterocycles. The molecule has 0 saturated heterocycles. The van der Waals surface area contributed by atoms with E-state index in [-0.39, 0.29) is 18.5 Å². The van der Waals surface area contributed by atoms with Crippen molar-refractivity contribution in [3.8, 4) is 0 Å². The second-order valence-electron chi connectivity index (χ2n) is 6.29. The fraction of sp³-hybridized carbons (Fsp3) is 0.500. The van der Waals surface area contributed by atoms with Crippen LogP contribution in [0.4, 0.5) is 5.69 Å². The molecule has 0 spiro atoms. The molecular formula is C18H26N2O3S. The van der Waals surface area contributed by atoms with Crippen molar-refractivity contribution in [2.24, 2.45) is 0 Å². The zero-order valence-electron chi connectivity index (χ0n) is 14.2. The van der Waals surface area contributed by atoms with E-state index in [4.69, 9.17) is 0 Å². The molecule has 1 aromatic rings. The molecule has 0 unspecified atom stereocenters. The number of nitrogens with one attached hydrogen (secondary N) is 1. The monoisotopic (exact) mass is 350 g/mol. The maximum absolute atomic E-state index is 12.4. The molecule has 0 bridgehead atoms. The van der Waals surface area contributed by atoms with E-state index >= 15 is 0 Å². The van der Waals surface area contributed by atoms with E-state index in [0.29, 0.717) is 11.3 Å². The lowest BCUT2D eigenvalue weighted by Gasteiger charge is -2.21. The summed E-state index contributed by atoms with van der Waals surface area (Å²) >= 11 is 0. The van der Waals surface area contributed by atoms with Gasteiger partial charge in [0, 0.05) is 11.6 Å². The predicted octanol–water partition coefficient (Wildman–Crippen LogP) is 3.09. The van der Waals surface area contributed by atoms with Crippen molar-refractivity contribution >= 4 is 21.6 Å². The fourth-order valence-electron chi connectivity index (χ4n) is 3.02. The normalized spacial score (nSPS) is 16.2. The zero-order chi connectivity index (χ0) is 17.6. The Morgan fingerprint density at radius 2 is 1.79 bits per heavy atom. The average Bonchev–Trinajstić information content (AvgIpc) is 2.80. The van der Waals surface area contributed by atoms with Crippen molar-refractivity contribution in [2.75, 3.05) is 17.1 Å². The molecule has 1 aliphatic rings. The second kappa shape index (κ2) is 8.33. The van der Waals surface area contributed by atoms with Crippen molar-refractivity contribution < 1.29 is 13.2 Å². The van der Waals surface area contributed by atoms with Crippen LogP contribution in [0.5, 0.6) is 0 Å². The number of sulfonamides is 1. The molecule has 1 aromatic carbocycles. The van der Waals surface area contributed by atoms with Crippen molar-refractivity contribution in [3.05, 3.63) is 42.5 Å². The first-order valence-electron chi connectivity index (χ1n) is 8.41. The van der Waals surface area contributed by atoms with Crippen LogP contribution < -0.4 is 9.62 Å². The molecule has 1 fully saturated rings. The first kappa shape index (κ1) is 18.5. The maximum atomic E-state index is 12.4. The highest BCUT2D eigenvalue weighted by Gasteiger charge is 2.18. The number of carbonyl (C=O) groups is 1. The van der Waals surface area contributed by atoms with Gasteiger partial charge in [-0.3, -0.25) is 9.10 Å². The lowest BCUT2D eigenvalue weighted by Crippen LogP contribution is -2.34. The molecule has 6 heteroatoms. The summed E-state index contributed by atoms with van der Waals surface area (Å²) in [6, 6.07) is 6.90. The Kier molecular flexibility index (Phi) is 6.43. The topological polar surface area (TPSA) is 66.5 Å². The Hall–Kier alpha value is -1.82. The van der Waals surface area contributed by atoms with E-state index < -0.39 is 10.0 Å². The number of amides is 1. The van der Waals surface area contributed by atoms with Crippen LogP contribution in [0.2, 0.25) is 0 Å². The highest BCUT2D eigenvalue weighted by Crippen LogP contribution is 2.20. The van der Waals surface area contributed by atoms with Gasteiger partial charge in [-0.05, 0) is 37.1 Å². The number of benzene rings is 1. The summed E-state index contributed by atoms with van der Waals surface area (Å²) in [5, 5.41) is 3.09. The van der Waals surface area contributed by atoms with E-state index in [0.717, 1.165) is 31.9 Å². The van der Waals surface area contributed by atoms with Crippen molar-refractivity contribution in [3.63, 3.8) is 0 Å². The van der Waals surface area contributed by atoms with Crippen LogP contribution in [0.25, 0.3) is 0 Å². The summed E-state index contributed by atoms with van der Waals surface area (Å²) in [6.45, 7) is 3.79. The third kappa shape index (κ3) is 5.09. The van der Waals surface area contributed by atoms with Crippen LogP contribution in [0, 0.1) is 0 Å². The number of hydrogen-bond acceptors (Lipinski definition) is 3. The highest BCUT2D eigenvalue weighted by atomic mass is 32.2. The van der Waals surface area contributed by atoms with Gasteiger partial charge in [-0.1, -0.05) is 31.8 Å². The van der Waals surface area contributed by atoms with Gasteiger partial charge in [-0.15, -0.1) is 6.58 Å². The third-order valence-electron chi connectivity index (χ3n) is 4.30. The highest BCUT2D eigenvalue weighted by molar-refractivity contribution is 7.92. The molecule has 0 aliphatic heterocycles. The van der Waals surface area contributed by atoms with Gasteiger partial charge in [0.05, 0.1) is 18.5 Å². The summed E-state index contributed by atoms with van der Waals surface area (Å²) in [7, 11) is -3.38. The lowest BCUT2D eigenvalue weighted by molar-refractivity contribution is 0.0933. The number of rotatable bonds is 6. The standard InChI is InChI=1S/C18H26N2O3S/c1-3-14-20(24(2,22)23)17-12-10-15(11-13-17)18(21)19-16-8-6-4-5-7-9-16/h3,10-13,16H,1,4-9,14H2,2H3,(H,19,21). The average molecular weight is 350 g/mol. The second-order valence-corrected chi connectivity index (χ2v) is 8.20. The fourth-order valence-corrected chi connectivity index (χ4v) is 3.90. The van der Waals surface area contributed by atoms with Crippen molar-refractivity contribution in [1.29, 1.82) is 0 Å². The van der Waals surface area contributed by atoms with Gasteiger partial charge in [0.15, 0.2) is 0 Å². The summed E-state index contributed by atoms with van der Waals surface area (Å²) in [4.78, 5) is 12.4. The minimum absolute atomic E-state index is 0.0944. The molecule has 0 atom stereocenters. The SMILES string of the molecule is C=CCN(c1ccc(C(=O)NC2CCCCCC2)cc1)S(C)(=O)=O. The molecule has 1 amide bonds. The van der Waals surface area contributed by atoms with Gasteiger partial charge in [0.25, 0.3) is 5.91 Å². The van der Waals surface area contributed by atoms with Gasteiger partial charge in [0.1, 0.15) is 0 Å². The van der Waals surface area contributed by atoms with Crippen molar-refractivity contribution in [2.45, 2.75) is 44.6 Å². The number of nitrogens with zero attached hydrogens (tertiary/aromatic N) is 1. The maximum Gasteiger partial charge on any atom is 0.251 e. The Balaban J connectivity index is 2.07. The summed E-state index contributed by atoms with van der Waals surface area (Å²) in [5.41, 5.74) is 1.08. The quantitative estimate of drug-likeness (QED) is 0.633.